The van der Waals surface area contributed by atoms with Gasteiger partial charge >= 0.3 is 6.03 Å². The van der Waals surface area contributed by atoms with Crippen LogP contribution in [0.5, 0.6) is 0 Å². The van der Waals surface area contributed by atoms with Gasteiger partial charge in [0.15, 0.2) is 0 Å². The zero-order valence-corrected chi connectivity index (χ0v) is 13.9. The normalized spacial score (nSPS) is 30.0. The predicted molar refractivity (Wildman–Crippen MR) is 86.8 cm³/mol. The third-order valence-electron chi connectivity index (χ3n) is 5.08. The Morgan fingerprint density at radius 1 is 1.27 bits per heavy atom. The highest BCUT2D eigenvalue weighted by Gasteiger charge is 2.26. The number of aliphatic hydroxyl groups excluding tert-OH is 1. The zero-order valence-electron chi connectivity index (χ0n) is 13.9. The molecule has 0 aromatic heterocycles. The van der Waals surface area contributed by atoms with Crippen LogP contribution >= 0.6 is 0 Å². The van der Waals surface area contributed by atoms with E-state index in [2.05, 4.69) is 17.6 Å². The van der Waals surface area contributed by atoms with Crippen LogP contribution in [0.4, 0.5) is 4.79 Å². The monoisotopic (exact) mass is 312 g/mol. The van der Waals surface area contributed by atoms with Crippen molar-refractivity contribution in [2.45, 2.75) is 83.0 Å². The van der Waals surface area contributed by atoms with E-state index >= 15 is 0 Å². The second-order valence-electron chi connectivity index (χ2n) is 6.72. The van der Waals surface area contributed by atoms with Crippen LogP contribution in [0.3, 0.4) is 0 Å². The highest BCUT2D eigenvalue weighted by Crippen LogP contribution is 2.27. The summed E-state index contributed by atoms with van der Waals surface area (Å²) in [7, 11) is 0. The van der Waals surface area contributed by atoms with Crippen molar-refractivity contribution in [2.75, 3.05) is 13.2 Å². The van der Waals surface area contributed by atoms with Crippen molar-refractivity contribution in [3.05, 3.63) is 0 Å². The molecule has 1 saturated carbocycles. The van der Waals surface area contributed by atoms with Crippen LogP contribution in [0.25, 0.3) is 0 Å². The van der Waals surface area contributed by atoms with Crippen molar-refractivity contribution in [1.82, 2.24) is 10.6 Å². The highest BCUT2D eigenvalue weighted by molar-refractivity contribution is 5.74. The summed E-state index contributed by atoms with van der Waals surface area (Å²) in [5.74, 6) is 0.425. The number of urea groups is 1. The van der Waals surface area contributed by atoms with Crippen LogP contribution in [0.2, 0.25) is 0 Å². The van der Waals surface area contributed by atoms with Gasteiger partial charge in [0.2, 0.25) is 0 Å². The number of ether oxygens (including phenoxy) is 1. The van der Waals surface area contributed by atoms with Crippen molar-refractivity contribution in [2.24, 2.45) is 5.92 Å². The Balaban J connectivity index is 1.58. The van der Waals surface area contributed by atoms with E-state index in [1.165, 1.54) is 6.42 Å². The van der Waals surface area contributed by atoms with Gasteiger partial charge in [-0.3, -0.25) is 0 Å². The van der Waals surface area contributed by atoms with Crippen LogP contribution < -0.4 is 10.6 Å². The van der Waals surface area contributed by atoms with Gasteiger partial charge in [0, 0.05) is 13.2 Å². The second kappa shape index (κ2) is 9.36. The number of amides is 2. The largest absolute Gasteiger partial charge is 0.393 e. The maximum atomic E-state index is 12.0. The molecule has 2 fully saturated rings. The number of hydrogen-bond acceptors (Lipinski definition) is 3. The van der Waals surface area contributed by atoms with Gasteiger partial charge in [-0.2, -0.15) is 0 Å². The van der Waals surface area contributed by atoms with E-state index in [0.29, 0.717) is 12.5 Å². The first-order chi connectivity index (χ1) is 10.7. The summed E-state index contributed by atoms with van der Waals surface area (Å²) in [5.41, 5.74) is 0. The number of rotatable bonds is 7. The molecule has 0 aromatic rings. The topological polar surface area (TPSA) is 70.6 Å². The summed E-state index contributed by atoms with van der Waals surface area (Å²) in [6, 6.07) is 0.0224. The highest BCUT2D eigenvalue weighted by atomic mass is 16.5. The van der Waals surface area contributed by atoms with Crippen molar-refractivity contribution in [3.8, 4) is 0 Å². The van der Waals surface area contributed by atoms with E-state index in [0.717, 1.165) is 58.0 Å². The molecule has 3 N–H and O–H groups in total. The molecule has 1 heterocycles. The molecule has 0 aromatic carbocycles. The molecule has 1 aliphatic heterocycles. The van der Waals surface area contributed by atoms with Gasteiger partial charge in [-0.25, -0.2) is 4.79 Å². The molecule has 1 saturated heterocycles. The second-order valence-corrected chi connectivity index (χ2v) is 6.72. The molecule has 1 aliphatic carbocycles. The molecular weight excluding hydrogens is 280 g/mol. The Bertz CT molecular complexity index is 332. The van der Waals surface area contributed by atoms with Gasteiger partial charge in [-0.1, -0.05) is 19.8 Å². The quantitative estimate of drug-likeness (QED) is 0.633. The number of aliphatic hydroxyl groups is 1. The van der Waals surface area contributed by atoms with Crippen LogP contribution in [0.1, 0.15) is 64.7 Å². The van der Waals surface area contributed by atoms with Gasteiger partial charge in [-0.05, 0) is 50.9 Å². The number of nitrogens with one attached hydrogen (secondary N) is 2. The van der Waals surface area contributed by atoms with Crippen molar-refractivity contribution < 1.29 is 14.6 Å². The molecule has 2 aliphatic rings. The summed E-state index contributed by atoms with van der Waals surface area (Å²) in [6.07, 6.45) is 9.46. The van der Waals surface area contributed by atoms with Gasteiger partial charge in [-0.15, -0.1) is 0 Å². The lowest BCUT2D eigenvalue weighted by Gasteiger charge is -2.27. The molecule has 128 valence electrons. The predicted octanol–water partition coefficient (Wildman–Crippen LogP) is 2.57. The maximum Gasteiger partial charge on any atom is 0.315 e. The van der Waals surface area contributed by atoms with Gasteiger partial charge in [0.1, 0.15) is 0 Å². The van der Waals surface area contributed by atoms with Crippen LogP contribution in [-0.2, 0) is 4.74 Å². The molecule has 0 spiro atoms. The SMILES string of the molecule is CCC(NC(=O)NCCCC1CCCCC1O)C1CCCO1. The van der Waals surface area contributed by atoms with Gasteiger partial charge in [0.05, 0.1) is 18.2 Å². The molecule has 4 unspecified atom stereocenters. The Hall–Kier alpha value is -0.810. The molecular formula is C17H32N2O3. The minimum atomic E-state index is -0.133. The fourth-order valence-corrected chi connectivity index (χ4v) is 3.69. The Kier molecular flexibility index (Phi) is 7.46. The summed E-state index contributed by atoms with van der Waals surface area (Å²) in [4.78, 5) is 12.0. The van der Waals surface area contributed by atoms with Crippen molar-refractivity contribution in [1.29, 1.82) is 0 Å². The number of carbonyl (C=O) groups excluding carboxylic acids is 1. The molecule has 22 heavy (non-hydrogen) atoms. The minimum Gasteiger partial charge on any atom is -0.393 e. The Labute approximate surface area is 134 Å². The molecule has 4 atom stereocenters. The van der Waals surface area contributed by atoms with E-state index in [4.69, 9.17) is 4.74 Å². The summed E-state index contributed by atoms with van der Waals surface area (Å²) < 4.78 is 5.65. The number of carbonyl (C=O) groups is 1. The Morgan fingerprint density at radius 3 is 2.77 bits per heavy atom. The van der Waals surface area contributed by atoms with Gasteiger partial charge in [0.25, 0.3) is 0 Å². The molecule has 2 rings (SSSR count). The van der Waals surface area contributed by atoms with Gasteiger partial charge < -0.3 is 20.5 Å². The number of hydrogen-bond donors (Lipinski definition) is 3. The first-order valence-electron chi connectivity index (χ1n) is 9.04. The van der Waals surface area contributed by atoms with Crippen molar-refractivity contribution in [3.63, 3.8) is 0 Å². The average Bonchev–Trinajstić information content (AvgIpc) is 3.05. The zero-order chi connectivity index (χ0) is 15.8. The van der Waals surface area contributed by atoms with Crippen LogP contribution in [-0.4, -0.2) is 42.5 Å². The standard InChI is InChI=1S/C17H32N2O3/c1-2-14(16-10-6-12-22-16)19-17(21)18-11-5-8-13-7-3-4-9-15(13)20/h13-16,20H,2-12H2,1H3,(H2,18,19,21). The smallest absolute Gasteiger partial charge is 0.315 e. The van der Waals surface area contributed by atoms with Crippen LogP contribution in [0.15, 0.2) is 0 Å². The summed E-state index contributed by atoms with van der Waals surface area (Å²) in [6.45, 7) is 3.57. The molecule has 5 heteroatoms. The van der Waals surface area contributed by atoms with E-state index < -0.39 is 0 Å². The molecule has 5 nitrogen and oxygen atoms in total. The van der Waals surface area contributed by atoms with E-state index in [1.54, 1.807) is 0 Å². The summed E-state index contributed by atoms with van der Waals surface area (Å²) in [5, 5.41) is 15.9. The molecule has 0 radical (unpaired) electrons. The lowest BCUT2D eigenvalue weighted by Crippen LogP contribution is -2.47. The Morgan fingerprint density at radius 2 is 2.09 bits per heavy atom. The fraction of sp³-hybridized carbons (Fsp3) is 0.941. The van der Waals surface area contributed by atoms with Crippen molar-refractivity contribution >= 4 is 6.03 Å². The van der Waals surface area contributed by atoms with E-state index in [1.807, 2.05) is 0 Å². The fourth-order valence-electron chi connectivity index (χ4n) is 3.69. The van der Waals surface area contributed by atoms with Crippen LogP contribution in [0, 0.1) is 5.92 Å². The third-order valence-corrected chi connectivity index (χ3v) is 5.08. The molecule has 0 bridgehead atoms. The lowest BCUT2D eigenvalue weighted by molar-refractivity contribution is 0.0643. The summed E-state index contributed by atoms with van der Waals surface area (Å²) >= 11 is 0. The van der Waals surface area contributed by atoms with E-state index in [-0.39, 0.29) is 24.3 Å². The minimum absolute atomic E-state index is 0.0912. The van der Waals surface area contributed by atoms with E-state index in [9.17, 15) is 9.90 Å². The third kappa shape index (κ3) is 5.43. The molecule has 2 amide bonds. The maximum absolute atomic E-state index is 12.0. The first kappa shape index (κ1) is 17.5. The lowest BCUT2D eigenvalue weighted by atomic mass is 9.83. The first-order valence-corrected chi connectivity index (χ1v) is 9.04. The average molecular weight is 312 g/mol.